The van der Waals surface area contributed by atoms with Crippen molar-refractivity contribution < 1.29 is 9.59 Å². The number of carbonyl (C=O) groups excluding carboxylic acids is 2. The molecular weight excluding hydrogens is 218 g/mol. The lowest BCUT2D eigenvalue weighted by molar-refractivity contribution is -0.139. The Kier molecular flexibility index (Phi) is 3.99. The molecule has 2 fully saturated rings. The normalized spacial score (nSPS) is 30.6. The number of carbonyl (C=O) groups is 2. The van der Waals surface area contributed by atoms with E-state index < -0.39 is 0 Å². The first-order valence-electron chi connectivity index (χ1n) is 6.43. The first-order chi connectivity index (χ1) is 8.16. The molecule has 2 rings (SSSR count). The molecule has 0 spiro atoms. The number of hydrogen-bond donors (Lipinski definition) is 2. The van der Waals surface area contributed by atoms with Crippen LogP contribution in [-0.2, 0) is 9.59 Å². The summed E-state index contributed by atoms with van der Waals surface area (Å²) in [6.07, 6.45) is 1.79. The van der Waals surface area contributed by atoms with Crippen LogP contribution in [0.4, 0.5) is 0 Å². The van der Waals surface area contributed by atoms with Crippen LogP contribution in [-0.4, -0.2) is 49.4 Å². The molecule has 17 heavy (non-hydrogen) atoms. The van der Waals surface area contributed by atoms with E-state index >= 15 is 0 Å². The molecule has 2 saturated heterocycles. The van der Waals surface area contributed by atoms with Crippen molar-refractivity contribution >= 4 is 11.8 Å². The summed E-state index contributed by atoms with van der Waals surface area (Å²) in [6, 6.07) is 0. The first kappa shape index (κ1) is 12.4. The van der Waals surface area contributed by atoms with Crippen molar-refractivity contribution in [2.75, 3.05) is 32.7 Å². The van der Waals surface area contributed by atoms with Crippen LogP contribution in [0.15, 0.2) is 0 Å². The second kappa shape index (κ2) is 5.49. The number of piperidine rings is 1. The van der Waals surface area contributed by atoms with Gasteiger partial charge in [0.2, 0.25) is 11.8 Å². The largest absolute Gasteiger partial charge is 0.354 e. The number of nitrogens with zero attached hydrogens (tertiary/aromatic N) is 1. The number of amides is 2. The van der Waals surface area contributed by atoms with Crippen LogP contribution in [0, 0.1) is 11.8 Å². The van der Waals surface area contributed by atoms with Gasteiger partial charge in [-0.3, -0.25) is 9.59 Å². The molecule has 2 amide bonds. The van der Waals surface area contributed by atoms with Crippen molar-refractivity contribution in [2.45, 2.75) is 19.8 Å². The third-order valence-electron chi connectivity index (χ3n) is 3.49. The average Bonchev–Trinajstić information content (AvgIpc) is 2.53. The van der Waals surface area contributed by atoms with Gasteiger partial charge in [0.1, 0.15) is 0 Å². The summed E-state index contributed by atoms with van der Waals surface area (Å²) in [6.45, 7) is 5.50. The van der Waals surface area contributed by atoms with E-state index in [0.29, 0.717) is 19.0 Å². The topological polar surface area (TPSA) is 61.4 Å². The molecule has 2 aliphatic rings. The average molecular weight is 239 g/mol. The highest BCUT2D eigenvalue weighted by atomic mass is 16.2. The second-order valence-electron chi connectivity index (χ2n) is 5.16. The Morgan fingerprint density at radius 2 is 2.24 bits per heavy atom. The lowest BCUT2D eigenvalue weighted by atomic mass is 9.91. The Bertz CT molecular complexity index is 306. The second-order valence-corrected chi connectivity index (χ2v) is 5.16. The Labute approximate surface area is 102 Å². The van der Waals surface area contributed by atoms with E-state index in [1.165, 1.54) is 0 Å². The minimum atomic E-state index is -0.0346. The lowest BCUT2D eigenvalue weighted by Gasteiger charge is -2.31. The van der Waals surface area contributed by atoms with E-state index in [1.54, 1.807) is 4.90 Å². The van der Waals surface area contributed by atoms with Crippen LogP contribution in [0.5, 0.6) is 0 Å². The molecule has 96 valence electrons. The van der Waals surface area contributed by atoms with Crippen molar-refractivity contribution in [3.63, 3.8) is 0 Å². The Hall–Kier alpha value is -1.10. The van der Waals surface area contributed by atoms with Gasteiger partial charge in [-0.15, -0.1) is 0 Å². The molecule has 2 atom stereocenters. The minimum absolute atomic E-state index is 0.0346. The molecule has 2 heterocycles. The zero-order valence-electron chi connectivity index (χ0n) is 10.4. The lowest BCUT2D eigenvalue weighted by Crippen LogP contribution is -2.47. The van der Waals surface area contributed by atoms with Crippen LogP contribution in [0.3, 0.4) is 0 Å². The van der Waals surface area contributed by atoms with Crippen LogP contribution in [0.2, 0.25) is 0 Å². The molecule has 0 saturated carbocycles. The van der Waals surface area contributed by atoms with Crippen molar-refractivity contribution in [3.05, 3.63) is 0 Å². The molecule has 0 aromatic carbocycles. The van der Waals surface area contributed by atoms with Gasteiger partial charge in [-0.05, 0) is 25.3 Å². The van der Waals surface area contributed by atoms with Gasteiger partial charge in [-0.25, -0.2) is 0 Å². The maximum absolute atomic E-state index is 12.3. The summed E-state index contributed by atoms with van der Waals surface area (Å²) in [7, 11) is 0. The third-order valence-corrected chi connectivity index (χ3v) is 3.49. The standard InChI is InChI=1S/C12H21N3O2/c1-9-5-10(7-13-6-9)12(17)15-4-2-3-14-11(16)8-15/h9-10,13H,2-8H2,1H3,(H,14,16). The quantitative estimate of drug-likeness (QED) is 0.653. The minimum Gasteiger partial charge on any atom is -0.354 e. The van der Waals surface area contributed by atoms with E-state index in [-0.39, 0.29) is 24.3 Å². The van der Waals surface area contributed by atoms with Crippen LogP contribution >= 0.6 is 0 Å². The molecule has 2 unspecified atom stereocenters. The maximum atomic E-state index is 12.3. The molecule has 5 nitrogen and oxygen atoms in total. The predicted octanol–water partition coefficient (Wildman–Crippen LogP) is -0.419. The molecule has 2 N–H and O–H groups in total. The SMILES string of the molecule is CC1CNCC(C(=O)N2CCCNC(=O)C2)C1. The zero-order valence-corrected chi connectivity index (χ0v) is 10.4. The monoisotopic (exact) mass is 239 g/mol. The molecule has 0 aliphatic carbocycles. The van der Waals surface area contributed by atoms with E-state index in [4.69, 9.17) is 0 Å². The number of hydrogen-bond acceptors (Lipinski definition) is 3. The van der Waals surface area contributed by atoms with Crippen LogP contribution < -0.4 is 10.6 Å². The van der Waals surface area contributed by atoms with Crippen molar-refractivity contribution in [3.8, 4) is 0 Å². The molecule has 2 aliphatic heterocycles. The molecule has 0 aromatic heterocycles. The smallest absolute Gasteiger partial charge is 0.239 e. The highest BCUT2D eigenvalue weighted by Crippen LogP contribution is 2.18. The molecule has 0 bridgehead atoms. The molecular formula is C12H21N3O2. The zero-order chi connectivity index (χ0) is 12.3. The number of rotatable bonds is 1. The summed E-state index contributed by atoms with van der Waals surface area (Å²) in [5, 5.41) is 6.08. The predicted molar refractivity (Wildman–Crippen MR) is 64.3 cm³/mol. The highest BCUT2D eigenvalue weighted by molar-refractivity contribution is 5.86. The van der Waals surface area contributed by atoms with Crippen molar-refractivity contribution in [1.29, 1.82) is 0 Å². The van der Waals surface area contributed by atoms with E-state index in [1.807, 2.05) is 0 Å². The van der Waals surface area contributed by atoms with E-state index in [2.05, 4.69) is 17.6 Å². The molecule has 0 aromatic rings. The first-order valence-corrected chi connectivity index (χ1v) is 6.43. The van der Waals surface area contributed by atoms with Crippen LogP contribution in [0.1, 0.15) is 19.8 Å². The summed E-state index contributed by atoms with van der Waals surface area (Å²) >= 11 is 0. The van der Waals surface area contributed by atoms with E-state index in [9.17, 15) is 9.59 Å². The fraction of sp³-hybridized carbons (Fsp3) is 0.833. The van der Waals surface area contributed by atoms with Gasteiger partial charge in [0.25, 0.3) is 0 Å². The summed E-state index contributed by atoms with van der Waals surface area (Å²) in [4.78, 5) is 25.4. The Morgan fingerprint density at radius 1 is 1.41 bits per heavy atom. The summed E-state index contributed by atoms with van der Waals surface area (Å²) < 4.78 is 0. The fourth-order valence-corrected chi connectivity index (χ4v) is 2.60. The van der Waals surface area contributed by atoms with Gasteiger partial charge in [-0.2, -0.15) is 0 Å². The number of nitrogens with one attached hydrogen (secondary N) is 2. The third kappa shape index (κ3) is 3.19. The van der Waals surface area contributed by atoms with Gasteiger partial charge >= 0.3 is 0 Å². The van der Waals surface area contributed by atoms with Crippen molar-refractivity contribution in [1.82, 2.24) is 15.5 Å². The van der Waals surface area contributed by atoms with Gasteiger partial charge < -0.3 is 15.5 Å². The van der Waals surface area contributed by atoms with Gasteiger partial charge in [-0.1, -0.05) is 6.92 Å². The summed E-state index contributed by atoms with van der Waals surface area (Å²) in [5.41, 5.74) is 0. The Morgan fingerprint density at radius 3 is 3.00 bits per heavy atom. The Balaban J connectivity index is 1.95. The highest BCUT2D eigenvalue weighted by Gasteiger charge is 2.30. The molecule has 5 heteroatoms. The van der Waals surface area contributed by atoms with Crippen molar-refractivity contribution in [2.24, 2.45) is 11.8 Å². The maximum Gasteiger partial charge on any atom is 0.239 e. The van der Waals surface area contributed by atoms with E-state index in [0.717, 1.165) is 25.9 Å². The van der Waals surface area contributed by atoms with Gasteiger partial charge in [0.15, 0.2) is 0 Å². The fourth-order valence-electron chi connectivity index (χ4n) is 2.60. The van der Waals surface area contributed by atoms with Crippen LogP contribution in [0.25, 0.3) is 0 Å². The van der Waals surface area contributed by atoms with Gasteiger partial charge in [0, 0.05) is 19.6 Å². The van der Waals surface area contributed by atoms with Gasteiger partial charge in [0.05, 0.1) is 12.5 Å². The molecule has 0 radical (unpaired) electrons. The summed E-state index contributed by atoms with van der Waals surface area (Å²) in [5.74, 6) is 0.692.